The topological polar surface area (TPSA) is 89.3 Å². The first-order valence-electron chi connectivity index (χ1n) is 8.04. The standard InChI is InChI=1S/C17H25N5O.HI/c1-4-15-21-16(23-22-15)14-7-5-13(6-8-14)9-10-19-17(18)20-11-12(2)3;/h5-8,12H,4,9-11H2,1-3H3,(H3,18,19,20);1H. The van der Waals surface area contributed by atoms with E-state index >= 15 is 0 Å². The summed E-state index contributed by atoms with van der Waals surface area (Å²) < 4.78 is 5.23. The van der Waals surface area contributed by atoms with Crippen molar-refractivity contribution in [3.63, 3.8) is 0 Å². The summed E-state index contributed by atoms with van der Waals surface area (Å²) in [6, 6.07) is 8.12. The number of aliphatic imine (C=N–C) groups is 1. The number of aryl methyl sites for hydroxylation is 1. The number of guanidine groups is 1. The van der Waals surface area contributed by atoms with E-state index in [0.29, 0.717) is 17.8 Å². The molecule has 0 saturated carbocycles. The van der Waals surface area contributed by atoms with Crippen LogP contribution in [-0.4, -0.2) is 29.2 Å². The van der Waals surface area contributed by atoms with Gasteiger partial charge in [-0.05, 0) is 30.0 Å². The first-order valence-corrected chi connectivity index (χ1v) is 8.04. The van der Waals surface area contributed by atoms with Gasteiger partial charge in [0, 0.05) is 25.1 Å². The molecule has 0 fully saturated rings. The lowest BCUT2D eigenvalue weighted by Crippen LogP contribution is -2.33. The number of hydrogen-bond donors (Lipinski definition) is 2. The second-order valence-electron chi connectivity index (χ2n) is 5.86. The van der Waals surface area contributed by atoms with E-state index in [1.165, 1.54) is 5.56 Å². The number of benzene rings is 1. The molecule has 132 valence electrons. The number of nitrogens with zero attached hydrogens (tertiary/aromatic N) is 3. The normalized spacial score (nSPS) is 11.4. The summed E-state index contributed by atoms with van der Waals surface area (Å²) in [6.07, 6.45) is 1.65. The number of nitrogens with two attached hydrogens (primary N) is 1. The third kappa shape index (κ3) is 6.46. The molecular weight excluding hydrogens is 417 g/mol. The number of nitrogens with one attached hydrogen (secondary N) is 1. The molecule has 1 aromatic heterocycles. The van der Waals surface area contributed by atoms with Crippen molar-refractivity contribution in [1.29, 1.82) is 0 Å². The molecule has 0 aliphatic rings. The number of hydrogen-bond acceptors (Lipinski definition) is 4. The van der Waals surface area contributed by atoms with E-state index in [4.69, 9.17) is 10.3 Å². The van der Waals surface area contributed by atoms with Crippen molar-refractivity contribution in [2.24, 2.45) is 16.6 Å². The van der Waals surface area contributed by atoms with Crippen molar-refractivity contribution >= 4 is 29.9 Å². The Balaban J connectivity index is 0.00000288. The van der Waals surface area contributed by atoms with Crippen LogP contribution in [-0.2, 0) is 12.8 Å². The molecule has 0 amide bonds. The Kier molecular flexibility index (Phi) is 8.73. The highest BCUT2D eigenvalue weighted by molar-refractivity contribution is 14.0. The highest BCUT2D eigenvalue weighted by atomic mass is 127. The lowest BCUT2D eigenvalue weighted by molar-refractivity contribution is 0.423. The number of aromatic nitrogens is 2. The van der Waals surface area contributed by atoms with Gasteiger partial charge in [0.15, 0.2) is 11.8 Å². The van der Waals surface area contributed by atoms with Crippen LogP contribution in [0.2, 0.25) is 0 Å². The molecule has 0 saturated heterocycles. The molecule has 0 aliphatic carbocycles. The average molecular weight is 443 g/mol. The summed E-state index contributed by atoms with van der Waals surface area (Å²) >= 11 is 0. The summed E-state index contributed by atoms with van der Waals surface area (Å²) in [5.74, 6) is 2.31. The van der Waals surface area contributed by atoms with Crippen LogP contribution in [0.4, 0.5) is 0 Å². The minimum Gasteiger partial charge on any atom is -0.370 e. The number of halogens is 1. The Morgan fingerprint density at radius 3 is 2.58 bits per heavy atom. The molecule has 7 heteroatoms. The van der Waals surface area contributed by atoms with Gasteiger partial charge in [0.1, 0.15) is 0 Å². The highest BCUT2D eigenvalue weighted by Crippen LogP contribution is 2.18. The monoisotopic (exact) mass is 443 g/mol. The van der Waals surface area contributed by atoms with Gasteiger partial charge in [0.25, 0.3) is 5.89 Å². The fourth-order valence-corrected chi connectivity index (χ4v) is 2.00. The molecular formula is C17H26IN5O. The molecule has 0 atom stereocenters. The molecule has 6 nitrogen and oxygen atoms in total. The second-order valence-corrected chi connectivity index (χ2v) is 5.86. The lowest BCUT2D eigenvalue weighted by atomic mass is 10.1. The van der Waals surface area contributed by atoms with E-state index < -0.39 is 0 Å². The van der Waals surface area contributed by atoms with Crippen LogP contribution in [0.25, 0.3) is 11.5 Å². The van der Waals surface area contributed by atoms with Crippen LogP contribution in [0.5, 0.6) is 0 Å². The van der Waals surface area contributed by atoms with E-state index in [1.54, 1.807) is 0 Å². The van der Waals surface area contributed by atoms with Gasteiger partial charge in [0.05, 0.1) is 0 Å². The predicted octanol–water partition coefficient (Wildman–Crippen LogP) is 3.02. The molecule has 2 rings (SSSR count). The molecule has 0 radical (unpaired) electrons. The molecule has 24 heavy (non-hydrogen) atoms. The quantitative estimate of drug-likeness (QED) is 0.390. The fraction of sp³-hybridized carbons (Fsp3) is 0.471. The minimum absolute atomic E-state index is 0. The van der Waals surface area contributed by atoms with Crippen molar-refractivity contribution in [1.82, 2.24) is 15.5 Å². The first kappa shape index (κ1) is 20.4. The van der Waals surface area contributed by atoms with Gasteiger partial charge in [-0.2, -0.15) is 4.98 Å². The smallest absolute Gasteiger partial charge is 0.257 e. The first-order chi connectivity index (χ1) is 11.1. The van der Waals surface area contributed by atoms with Gasteiger partial charge >= 0.3 is 0 Å². The lowest BCUT2D eigenvalue weighted by Gasteiger charge is -2.07. The molecule has 0 spiro atoms. The SMILES string of the molecule is CCc1noc(-c2ccc(CCNC(N)=NCC(C)C)cc2)n1.I. The maximum atomic E-state index is 5.81. The van der Waals surface area contributed by atoms with Crippen LogP contribution in [0.3, 0.4) is 0 Å². The molecule has 3 N–H and O–H groups in total. The van der Waals surface area contributed by atoms with Crippen LogP contribution in [0, 0.1) is 5.92 Å². The molecule has 0 unspecified atom stereocenters. The Morgan fingerprint density at radius 1 is 1.29 bits per heavy atom. The van der Waals surface area contributed by atoms with Crippen LogP contribution in [0.1, 0.15) is 32.2 Å². The zero-order valence-corrected chi connectivity index (χ0v) is 16.8. The van der Waals surface area contributed by atoms with Crippen molar-refractivity contribution in [2.75, 3.05) is 13.1 Å². The summed E-state index contributed by atoms with van der Waals surface area (Å²) in [6.45, 7) is 7.74. The maximum absolute atomic E-state index is 5.81. The van der Waals surface area contributed by atoms with Gasteiger partial charge in [-0.15, -0.1) is 24.0 Å². The Hall–Kier alpha value is -1.64. The molecule has 1 heterocycles. The minimum atomic E-state index is 0. The summed E-state index contributed by atoms with van der Waals surface area (Å²) in [5, 5.41) is 7.04. The van der Waals surface area contributed by atoms with E-state index in [9.17, 15) is 0 Å². The summed E-state index contributed by atoms with van der Waals surface area (Å²) in [4.78, 5) is 8.60. The maximum Gasteiger partial charge on any atom is 0.257 e. The third-order valence-electron chi connectivity index (χ3n) is 3.33. The van der Waals surface area contributed by atoms with Gasteiger partial charge in [-0.25, -0.2) is 0 Å². The van der Waals surface area contributed by atoms with E-state index in [-0.39, 0.29) is 24.0 Å². The van der Waals surface area contributed by atoms with Crippen LogP contribution in [0.15, 0.2) is 33.8 Å². The molecule has 0 bridgehead atoms. The number of rotatable bonds is 7. The summed E-state index contributed by atoms with van der Waals surface area (Å²) in [7, 11) is 0. The highest BCUT2D eigenvalue weighted by Gasteiger charge is 2.07. The Bertz CT molecular complexity index is 637. The van der Waals surface area contributed by atoms with E-state index in [0.717, 1.165) is 37.3 Å². The molecule has 0 aliphatic heterocycles. The predicted molar refractivity (Wildman–Crippen MR) is 108 cm³/mol. The zero-order valence-electron chi connectivity index (χ0n) is 14.5. The van der Waals surface area contributed by atoms with E-state index in [2.05, 4.69) is 46.4 Å². The van der Waals surface area contributed by atoms with Gasteiger partial charge in [-0.3, -0.25) is 4.99 Å². The molecule has 2 aromatic rings. The van der Waals surface area contributed by atoms with Gasteiger partial charge in [-0.1, -0.05) is 38.1 Å². The zero-order chi connectivity index (χ0) is 16.7. The van der Waals surface area contributed by atoms with Crippen molar-refractivity contribution < 1.29 is 4.52 Å². The van der Waals surface area contributed by atoms with Crippen molar-refractivity contribution in [3.05, 3.63) is 35.7 Å². The molecule has 1 aromatic carbocycles. The van der Waals surface area contributed by atoms with Crippen LogP contribution >= 0.6 is 24.0 Å². The fourth-order valence-electron chi connectivity index (χ4n) is 2.00. The Labute approximate surface area is 160 Å². The largest absolute Gasteiger partial charge is 0.370 e. The van der Waals surface area contributed by atoms with Crippen LogP contribution < -0.4 is 11.1 Å². The third-order valence-corrected chi connectivity index (χ3v) is 3.33. The summed E-state index contributed by atoms with van der Waals surface area (Å²) in [5.41, 5.74) is 7.97. The van der Waals surface area contributed by atoms with Gasteiger partial charge < -0.3 is 15.6 Å². The second kappa shape index (κ2) is 10.3. The Morgan fingerprint density at radius 2 is 2.00 bits per heavy atom. The van der Waals surface area contributed by atoms with E-state index in [1.807, 2.05) is 19.1 Å². The van der Waals surface area contributed by atoms with Crippen molar-refractivity contribution in [3.8, 4) is 11.5 Å². The van der Waals surface area contributed by atoms with Crippen molar-refractivity contribution in [2.45, 2.75) is 33.6 Å². The average Bonchev–Trinajstić information content (AvgIpc) is 3.02. The van der Waals surface area contributed by atoms with Gasteiger partial charge in [0.2, 0.25) is 0 Å².